The van der Waals surface area contributed by atoms with Crippen LogP contribution in [0.1, 0.15) is 29.9 Å². The highest BCUT2D eigenvalue weighted by molar-refractivity contribution is 7.98. The Morgan fingerprint density at radius 3 is 2.71 bits per heavy atom. The van der Waals surface area contributed by atoms with Gasteiger partial charge in [0, 0.05) is 17.2 Å². The molecule has 1 atom stereocenters. The van der Waals surface area contributed by atoms with Crippen LogP contribution in [0.25, 0.3) is 0 Å². The number of hydrogen-bond donors (Lipinski definition) is 0. The molecule has 0 saturated carbocycles. The molecule has 0 fully saturated rings. The maximum Gasteiger partial charge on any atom is 0.276 e. The topological polar surface area (TPSA) is 38.9 Å². The van der Waals surface area contributed by atoms with Gasteiger partial charge in [0.1, 0.15) is 5.82 Å². The maximum atomic E-state index is 13.0. The lowest BCUT2D eigenvalue weighted by molar-refractivity contribution is 0.404. The van der Waals surface area contributed by atoms with E-state index in [2.05, 4.69) is 29.3 Å². The van der Waals surface area contributed by atoms with Gasteiger partial charge in [0.25, 0.3) is 5.22 Å². The van der Waals surface area contributed by atoms with E-state index in [1.54, 1.807) is 6.07 Å². The van der Waals surface area contributed by atoms with Crippen LogP contribution in [0.3, 0.4) is 0 Å². The molecule has 0 radical (unpaired) electrons. The first kappa shape index (κ1) is 17.0. The third-order valence-electron chi connectivity index (χ3n) is 3.66. The van der Waals surface area contributed by atoms with Crippen LogP contribution >= 0.6 is 23.4 Å². The summed E-state index contributed by atoms with van der Waals surface area (Å²) in [7, 11) is 0. The van der Waals surface area contributed by atoms with Crippen molar-refractivity contribution in [3.05, 3.63) is 76.4 Å². The molecule has 0 amide bonds. The lowest BCUT2D eigenvalue weighted by Crippen LogP contribution is -1.98. The van der Waals surface area contributed by atoms with E-state index in [1.165, 1.54) is 29.5 Å². The van der Waals surface area contributed by atoms with Crippen LogP contribution in [0.2, 0.25) is 5.02 Å². The van der Waals surface area contributed by atoms with E-state index in [0.717, 1.165) is 5.56 Å². The number of halogens is 2. The Morgan fingerprint density at radius 1 is 1.17 bits per heavy atom. The smallest absolute Gasteiger partial charge is 0.276 e. The first-order valence-electron chi connectivity index (χ1n) is 7.56. The molecule has 6 heteroatoms. The molecule has 3 nitrogen and oxygen atoms in total. The van der Waals surface area contributed by atoms with Gasteiger partial charge in [0.15, 0.2) is 0 Å². The van der Waals surface area contributed by atoms with Crippen molar-refractivity contribution in [2.75, 3.05) is 0 Å². The van der Waals surface area contributed by atoms with Crippen molar-refractivity contribution in [2.24, 2.45) is 0 Å². The molecule has 0 N–H and O–H groups in total. The van der Waals surface area contributed by atoms with Gasteiger partial charge in [-0.15, -0.1) is 10.2 Å². The van der Waals surface area contributed by atoms with Crippen LogP contribution in [0.15, 0.2) is 58.2 Å². The summed E-state index contributed by atoms with van der Waals surface area (Å²) >= 11 is 7.41. The molecule has 0 aliphatic heterocycles. The normalized spacial score (nSPS) is 12.3. The molecule has 3 aromatic rings. The van der Waals surface area contributed by atoms with Gasteiger partial charge in [-0.25, -0.2) is 4.39 Å². The average molecular weight is 363 g/mol. The summed E-state index contributed by atoms with van der Waals surface area (Å²) in [6.07, 6.45) is 0.689. The number of rotatable bonds is 6. The van der Waals surface area contributed by atoms with Gasteiger partial charge >= 0.3 is 0 Å². The fourth-order valence-electron chi connectivity index (χ4n) is 2.32. The molecule has 24 heavy (non-hydrogen) atoms. The minimum atomic E-state index is -0.344. The summed E-state index contributed by atoms with van der Waals surface area (Å²) in [5, 5.41) is 9.05. The number of benzene rings is 2. The van der Waals surface area contributed by atoms with Gasteiger partial charge in [-0.05, 0) is 29.2 Å². The van der Waals surface area contributed by atoms with Crippen molar-refractivity contribution >= 4 is 23.4 Å². The van der Waals surface area contributed by atoms with Crippen molar-refractivity contribution < 1.29 is 8.81 Å². The van der Waals surface area contributed by atoms with Gasteiger partial charge in [0.2, 0.25) is 5.89 Å². The van der Waals surface area contributed by atoms with E-state index in [1.807, 2.05) is 18.2 Å². The Labute approximate surface area is 149 Å². The van der Waals surface area contributed by atoms with Crippen molar-refractivity contribution in [3.63, 3.8) is 0 Å². The second kappa shape index (κ2) is 7.81. The van der Waals surface area contributed by atoms with E-state index >= 15 is 0 Å². The molecule has 0 saturated heterocycles. The number of nitrogens with zero attached hydrogens (tertiary/aromatic N) is 2. The quantitative estimate of drug-likeness (QED) is 0.543. The van der Waals surface area contributed by atoms with E-state index < -0.39 is 0 Å². The van der Waals surface area contributed by atoms with Gasteiger partial charge in [0.05, 0.1) is 0 Å². The van der Waals surface area contributed by atoms with Gasteiger partial charge in [-0.2, -0.15) is 0 Å². The number of thioether (sulfide) groups is 1. The second-order valence-electron chi connectivity index (χ2n) is 5.50. The van der Waals surface area contributed by atoms with Crippen LogP contribution < -0.4 is 0 Å². The zero-order valence-corrected chi connectivity index (χ0v) is 14.6. The van der Waals surface area contributed by atoms with Crippen LogP contribution in [-0.2, 0) is 12.2 Å². The third kappa shape index (κ3) is 4.36. The Balaban J connectivity index is 1.59. The summed E-state index contributed by atoms with van der Waals surface area (Å²) in [6, 6.07) is 14.6. The molecular weight excluding hydrogens is 347 g/mol. The first-order chi connectivity index (χ1) is 11.6. The molecule has 124 valence electrons. The highest BCUT2D eigenvalue weighted by Gasteiger charge is 2.13. The molecule has 0 spiro atoms. The van der Waals surface area contributed by atoms with E-state index in [0.29, 0.717) is 34.2 Å². The first-order valence-corrected chi connectivity index (χ1v) is 8.92. The molecule has 3 rings (SSSR count). The highest BCUT2D eigenvalue weighted by Crippen LogP contribution is 2.27. The molecule has 1 unspecified atom stereocenters. The van der Waals surface area contributed by atoms with Gasteiger partial charge in [-0.1, -0.05) is 66.7 Å². The summed E-state index contributed by atoms with van der Waals surface area (Å²) in [5.74, 6) is 1.12. The van der Waals surface area contributed by atoms with Crippen LogP contribution in [0, 0.1) is 5.82 Å². The summed E-state index contributed by atoms with van der Waals surface area (Å²) in [6.45, 7) is 2.13. The molecular formula is C18H16ClFN2OS. The monoisotopic (exact) mass is 362 g/mol. The summed E-state index contributed by atoms with van der Waals surface area (Å²) < 4.78 is 18.7. The Hall–Kier alpha value is -1.85. The van der Waals surface area contributed by atoms with Gasteiger partial charge in [-0.3, -0.25) is 0 Å². The van der Waals surface area contributed by atoms with Gasteiger partial charge < -0.3 is 4.42 Å². The Bertz CT molecular complexity index is 810. The molecule has 0 aliphatic carbocycles. The van der Waals surface area contributed by atoms with E-state index in [4.69, 9.17) is 16.0 Å². The zero-order valence-electron chi connectivity index (χ0n) is 13.1. The molecule has 2 aromatic carbocycles. The van der Waals surface area contributed by atoms with Crippen LogP contribution in [0.4, 0.5) is 4.39 Å². The standard InChI is InChI=1S/C18H16ClFN2OS/c1-12(13-5-3-2-4-6-13)9-17-21-22-18(23-17)24-11-14-7-8-15(20)10-16(14)19/h2-8,10,12H,9,11H2,1H3. The number of aromatic nitrogens is 2. The van der Waals surface area contributed by atoms with Crippen molar-refractivity contribution in [1.82, 2.24) is 10.2 Å². The Morgan fingerprint density at radius 2 is 1.96 bits per heavy atom. The zero-order chi connectivity index (χ0) is 16.9. The third-order valence-corrected chi connectivity index (χ3v) is 4.88. The Kier molecular flexibility index (Phi) is 5.53. The van der Waals surface area contributed by atoms with Crippen LogP contribution in [0.5, 0.6) is 0 Å². The molecule has 0 bridgehead atoms. The predicted octanol–water partition coefficient (Wildman–Crippen LogP) is 5.50. The lowest BCUT2D eigenvalue weighted by atomic mass is 9.98. The fourth-order valence-corrected chi connectivity index (χ4v) is 3.42. The van der Waals surface area contributed by atoms with E-state index in [9.17, 15) is 4.39 Å². The van der Waals surface area contributed by atoms with Crippen molar-refractivity contribution in [2.45, 2.75) is 30.2 Å². The summed E-state index contributed by atoms with van der Waals surface area (Å²) in [5.41, 5.74) is 2.07. The highest BCUT2D eigenvalue weighted by atomic mass is 35.5. The molecule has 1 aromatic heterocycles. The fraction of sp³-hybridized carbons (Fsp3) is 0.222. The molecule has 1 heterocycles. The number of hydrogen-bond acceptors (Lipinski definition) is 4. The van der Waals surface area contributed by atoms with Crippen LogP contribution in [-0.4, -0.2) is 10.2 Å². The maximum absolute atomic E-state index is 13.0. The average Bonchev–Trinajstić information content (AvgIpc) is 3.02. The predicted molar refractivity (Wildman–Crippen MR) is 93.8 cm³/mol. The molecule has 0 aliphatic rings. The lowest BCUT2D eigenvalue weighted by Gasteiger charge is -2.08. The minimum Gasteiger partial charge on any atom is -0.416 e. The second-order valence-corrected chi connectivity index (χ2v) is 6.84. The SMILES string of the molecule is CC(Cc1nnc(SCc2ccc(F)cc2Cl)o1)c1ccccc1. The van der Waals surface area contributed by atoms with Crippen molar-refractivity contribution in [1.29, 1.82) is 0 Å². The largest absolute Gasteiger partial charge is 0.416 e. The summed E-state index contributed by atoms with van der Waals surface area (Å²) in [4.78, 5) is 0. The minimum absolute atomic E-state index is 0.302. The van der Waals surface area contributed by atoms with E-state index in [-0.39, 0.29) is 5.82 Å². The van der Waals surface area contributed by atoms with Crippen molar-refractivity contribution in [3.8, 4) is 0 Å².